The van der Waals surface area contributed by atoms with E-state index in [9.17, 15) is 21.6 Å². The topological polar surface area (TPSA) is 52.6 Å². The normalized spacial score (nSPS) is 14.3. The van der Waals surface area contributed by atoms with Crippen LogP contribution in [-0.2, 0) is 14.0 Å². The van der Waals surface area contributed by atoms with Gasteiger partial charge in [-0.1, -0.05) is 18.2 Å². The molecule has 0 aliphatic carbocycles. The van der Waals surface area contributed by atoms with Crippen molar-refractivity contribution in [2.45, 2.75) is 12.1 Å². The molecule has 1 atom stereocenters. The zero-order valence-electron chi connectivity index (χ0n) is 9.56. The van der Waals surface area contributed by atoms with E-state index in [1.165, 1.54) is 25.8 Å². The van der Waals surface area contributed by atoms with Crippen molar-refractivity contribution in [1.29, 1.82) is 0 Å². The van der Waals surface area contributed by atoms with Gasteiger partial charge in [-0.15, -0.1) is 0 Å². The molecule has 0 spiro atoms. The summed E-state index contributed by atoms with van der Waals surface area (Å²) in [5.41, 5.74) is -5.41. The van der Waals surface area contributed by atoms with Crippen LogP contribution in [0.15, 0.2) is 24.3 Å². The molecule has 0 radical (unpaired) electrons. The second-order valence-electron chi connectivity index (χ2n) is 3.38. The fraction of sp³-hybridized carbons (Fsp3) is 0.333. The zero-order valence-corrected chi connectivity index (χ0v) is 11.5. The minimum absolute atomic E-state index is 0.314. The van der Waals surface area contributed by atoms with E-state index in [0.29, 0.717) is 10.9 Å². The highest BCUT2D eigenvalue weighted by Crippen LogP contribution is 2.25. The maximum absolute atomic E-state index is 12.2. The summed E-state index contributed by atoms with van der Waals surface area (Å²) in [7, 11) is -6.99. The van der Waals surface area contributed by atoms with E-state index in [0.717, 1.165) is 0 Å². The smallest absolute Gasteiger partial charge is 0.497 e. The summed E-state index contributed by atoms with van der Waals surface area (Å²) in [6.07, 6.45) is 0. The first-order valence-electron chi connectivity index (χ1n) is 4.81. The van der Waals surface area contributed by atoms with Crippen LogP contribution in [0, 0.1) is 0 Å². The van der Waals surface area contributed by atoms with Crippen LogP contribution in [0.1, 0.15) is 0 Å². The van der Waals surface area contributed by atoms with Crippen LogP contribution in [0.5, 0.6) is 5.75 Å². The van der Waals surface area contributed by atoms with Crippen molar-refractivity contribution in [3.63, 3.8) is 0 Å². The van der Waals surface area contributed by atoms with Crippen LogP contribution >= 0.6 is 0 Å². The van der Waals surface area contributed by atoms with Crippen molar-refractivity contribution in [2.75, 3.05) is 7.11 Å². The SMILES string of the molecule is COc1ccccc1[SiH](C)OS(=O)(=O)C(F)(F)F. The van der Waals surface area contributed by atoms with E-state index in [2.05, 4.69) is 3.87 Å². The summed E-state index contributed by atoms with van der Waals surface area (Å²) in [5.74, 6) is 0.314. The summed E-state index contributed by atoms with van der Waals surface area (Å²) in [6, 6.07) is 6.22. The van der Waals surface area contributed by atoms with E-state index < -0.39 is 24.7 Å². The van der Waals surface area contributed by atoms with Crippen molar-refractivity contribution in [3.8, 4) is 5.75 Å². The number of methoxy groups -OCH3 is 1. The van der Waals surface area contributed by atoms with Crippen molar-refractivity contribution in [1.82, 2.24) is 0 Å². The highest BCUT2D eigenvalue weighted by molar-refractivity contribution is 7.88. The average Bonchev–Trinajstić information content (AvgIpc) is 2.26. The van der Waals surface area contributed by atoms with Crippen LogP contribution in [0.25, 0.3) is 0 Å². The fourth-order valence-electron chi connectivity index (χ4n) is 1.30. The van der Waals surface area contributed by atoms with E-state index in [-0.39, 0.29) is 0 Å². The second-order valence-corrected chi connectivity index (χ2v) is 7.43. The van der Waals surface area contributed by atoms with Gasteiger partial charge in [-0.25, -0.2) is 0 Å². The minimum Gasteiger partial charge on any atom is -0.497 e. The van der Waals surface area contributed by atoms with Crippen LogP contribution in [0.4, 0.5) is 13.2 Å². The molecule has 4 nitrogen and oxygen atoms in total. The highest BCUT2D eigenvalue weighted by atomic mass is 32.2. The average molecular weight is 300 g/mol. The lowest BCUT2D eigenvalue weighted by atomic mass is 10.3. The van der Waals surface area contributed by atoms with Gasteiger partial charge in [-0.05, 0) is 12.6 Å². The quantitative estimate of drug-likeness (QED) is 0.618. The standard InChI is InChI=1S/C9H11F3O4SSi/c1-15-7-5-3-4-6-8(7)18(2)16-17(13,14)9(10,11)12/h3-6,18H,1-2H3. The number of para-hydroxylation sites is 1. The molecule has 9 heteroatoms. The number of hydrogen-bond donors (Lipinski definition) is 0. The lowest BCUT2D eigenvalue weighted by Gasteiger charge is -2.16. The van der Waals surface area contributed by atoms with Gasteiger partial charge in [0.25, 0.3) is 0 Å². The summed E-state index contributed by atoms with van der Waals surface area (Å²) >= 11 is 0. The van der Waals surface area contributed by atoms with Crippen LogP contribution in [0.3, 0.4) is 0 Å². The van der Waals surface area contributed by atoms with E-state index >= 15 is 0 Å². The Balaban J connectivity index is 3.00. The first-order chi connectivity index (χ1) is 8.19. The Morgan fingerprint density at radius 2 is 1.78 bits per heavy atom. The molecule has 1 aromatic carbocycles. The summed E-state index contributed by atoms with van der Waals surface area (Å²) in [6.45, 7) is 1.33. The molecule has 0 saturated carbocycles. The maximum atomic E-state index is 12.2. The Morgan fingerprint density at radius 1 is 1.22 bits per heavy atom. The third-order valence-corrected chi connectivity index (χ3v) is 6.22. The maximum Gasteiger partial charge on any atom is 0.522 e. The lowest BCUT2D eigenvalue weighted by Crippen LogP contribution is -2.38. The van der Waals surface area contributed by atoms with Gasteiger partial charge in [0.15, 0.2) is 0 Å². The van der Waals surface area contributed by atoms with Crippen molar-refractivity contribution >= 4 is 24.3 Å². The highest BCUT2D eigenvalue weighted by Gasteiger charge is 2.48. The van der Waals surface area contributed by atoms with Crippen molar-refractivity contribution in [2.24, 2.45) is 0 Å². The molecule has 1 aromatic rings. The summed E-state index contributed by atoms with van der Waals surface area (Å²) in [4.78, 5) is 0. The largest absolute Gasteiger partial charge is 0.522 e. The lowest BCUT2D eigenvalue weighted by molar-refractivity contribution is -0.0500. The van der Waals surface area contributed by atoms with Gasteiger partial charge in [0.05, 0.1) is 7.11 Å². The van der Waals surface area contributed by atoms with Gasteiger partial charge in [-0.3, -0.25) is 0 Å². The summed E-state index contributed by atoms with van der Waals surface area (Å²) in [5, 5.41) is 0.354. The predicted octanol–water partition coefficient (Wildman–Crippen LogP) is 1.12. The van der Waals surface area contributed by atoms with E-state index in [1.807, 2.05) is 0 Å². The first-order valence-corrected chi connectivity index (χ1v) is 8.42. The zero-order chi connectivity index (χ0) is 14.0. The van der Waals surface area contributed by atoms with Gasteiger partial charge in [0.2, 0.25) is 9.04 Å². The molecule has 0 N–H and O–H groups in total. The molecular formula is C9H11F3O4SSi. The monoisotopic (exact) mass is 300 g/mol. The van der Waals surface area contributed by atoms with Crippen molar-refractivity contribution < 1.29 is 30.2 Å². The van der Waals surface area contributed by atoms with Crippen LogP contribution in [0.2, 0.25) is 6.55 Å². The fourth-order valence-corrected chi connectivity index (χ4v) is 4.67. The molecule has 0 saturated heterocycles. The molecule has 1 rings (SSSR count). The van der Waals surface area contributed by atoms with Gasteiger partial charge in [0, 0.05) is 5.19 Å². The molecule has 18 heavy (non-hydrogen) atoms. The van der Waals surface area contributed by atoms with E-state index in [1.54, 1.807) is 12.1 Å². The van der Waals surface area contributed by atoms with Crippen LogP contribution < -0.4 is 9.92 Å². The van der Waals surface area contributed by atoms with Gasteiger partial charge < -0.3 is 8.61 Å². The number of rotatable bonds is 4. The number of benzene rings is 1. The van der Waals surface area contributed by atoms with Gasteiger partial charge in [0.1, 0.15) is 5.75 Å². The Morgan fingerprint density at radius 3 is 2.28 bits per heavy atom. The van der Waals surface area contributed by atoms with Crippen molar-refractivity contribution in [3.05, 3.63) is 24.3 Å². The van der Waals surface area contributed by atoms with Gasteiger partial charge in [-0.2, -0.15) is 21.6 Å². The third kappa shape index (κ3) is 3.24. The molecule has 0 heterocycles. The minimum atomic E-state index is -5.56. The molecule has 0 aliphatic heterocycles. The molecule has 0 bridgehead atoms. The molecule has 0 amide bonds. The Bertz CT molecular complexity index is 515. The molecule has 102 valence electrons. The summed E-state index contributed by atoms with van der Waals surface area (Å²) < 4.78 is 67.5. The molecule has 1 unspecified atom stereocenters. The third-order valence-electron chi connectivity index (χ3n) is 2.13. The number of alkyl halides is 3. The Kier molecular flexibility index (Phi) is 4.40. The van der Waals surface area contributed by atoms with Gasteiger partial charge >= 0.3 is 15.6 Å². The molecule has 0 fully saturated rings. The number of halogens is 3. The molecule has 0 aliphatic rings. The second kappa shape index (κ2) is 5.29. The first kappa shape index (κ1) is 15.0. The molecular weight excluding hydrogens is 289 g/mol. The van der Waals surface area contributed by atoms with E-state index in [4.69, 9.17) is 4.74 Å². The number of hydrogen-bond acceptors (Lipinski definition) is 4. The van der Waals surface area contributed by atoms with Crippen LogP contribution in [-0.4, -0.2) is 30.1 Å². The predicted molar refractivity (Wildman–Crippen MR) is 61.7 cm³/mol. The Hall–Kier alpha value is -1.06. The number of ether oxygens (including phenoxy) is 1. The molecule has 0 aromatic heterocycles. The Labute approximate surface area is 104 Å².